The largest absolute Gasteiger partial charge is 0.368 e. The molecule has 4 aromatic rings. The number of nitrogens with zero attached hydrogens (tertiary/aromatic N) is 5. The standard InChI is InChI=1S/C28H29N7O2/c1-17-25-20(15-22(18-11-12-18)31-27(25)35(33-17)24-10-4-5-13-30-24)28(37)32-21-8-3-2-7-19(21)16-34-14-6-9-23(34)26(29)36/h2-5,7-8,10,13,15,18,23H,6,9,11-12,14,16H2,1H3,(H2,29,36)(H,32,37). The van der Waals surface area contributed by atoms with E-state index in [2.05, 4.69) is 15.2 Å². The number of hydrogen-bond donors (Lipinski definition) is 2. The van der Waals surface area contributed by atoms with E-state index in [9.17, 15) is 9.59 Å². The van der Waals surface area contributed by atoms with Crippen molar-refractivity contribution >= 4 is 28.5 Å². The highest BCUT2D eigenvalue weighted by atomic mass is 16.2. The molecule has 9 nitrogen and oxygen atoms in total. The fraction of sp³-hybridized carbons (Fsp3) is 0.321. The average Bonchev–Trinajstić information content (AvgIpc) is 3.56. The van der Waals surface area contributed by atoms with E-state index >= 15 is 0 Å². The number of aromatic nitrogens is 4. The first-order valence-electron chi connectivity index (χ1n) is 12.7. The van der Waals surface area contributed by atoms with Gasteiger partial charge in [0.25, 0.3) is 5.91 Å². The highest BCUT2D eigenvalue weighted by Crippen LogP contribution is 2.41. The van der Waals surface area contributed by atoms with Gasteiger partial charge in [0.2, 0.25) is 5.91 Å². The molecule has 6 rings (SSSR count). The van der Waals surface area contributed by atoms with Crippen LogP contribution in [0.2, 0.25) is 0 Å². The number of nitrogens with two attached hydrogens (primary N) is 1. The zero-order valence-electron chi connectivity index (χ0n) is 20.7. The number of pyridine rings is 2. The van der Waals surface area contributed by atoms with Gasteiger partial charge in [-0.3, -0.25) is 14.5 Å². The van der Waals surface area contributed by atoms with E-state index in [1.807, 2.05) is 55.5 Å². The number of amides is 2. The normalized spacial score (nSPS) is 17.8. The molecule has 1 saturated carbocycles. The minimum absolute atomic E-state index is 0.210. The van der Waals surface area contributed by atoms with Gasteiger partial charge < -0.3 is 11.1 Å². The molecule has 0 bridgehead atoms. The Kier molecular flexibility index (Phi) is 5.92. The topological polar surface area (TPSA) is 119 Å². The smallest absolute Gasteiger partial charge is 0.256 e. The van der Waals surface area contributed by atoms with Gasteiger partial charge in [0.1, 0.15) is 0 Å². The third-order valence-electron chi connectivity index (χ3n) is 7.27. The number of para-hydroxylation sites is 1. The number of likely N-dealkylation sites (tertiary alicyclic amines) is 1. The van der Waals surface area contributed by atoms with Crippen LogP contribution in [0.4, 0.5) is 5.69 Å². The minimum atomic E-state index is -0.300. The summed E-state index contributed by atoms with van der Waals surface area (Å²) in [6.45, 7) is 3.24. The number of rotatable bonds is 7. The van der Waals surface area contributed by atoms with Gasteiger partial charge in [0, 0.05) is 30.0 Å². The number of primary amides is 1. The molecule has 1 aromatic carbocycles. The first kappa shape index (κ1) is 23.3. The first-order valence-corrected chi connectivity index (χ1v) is 12.7. The van der Waals surface area contributed by atoms with Crippen molar-refractivity contribution in [1.82, 2.24) is 24.6 Å². The van der Waals surface area contributed by atoms with E-state index in [-0.39, 0.29) is 17.9 Å². The molecule has 2 fully saturated rings. The molecule has 2 aliphatic rings. The molecule has 9 heteroatoms. The van der Waals surface area contributed by atoms with Crippen molar-refractivity contribution in [1.29, 1.82) is 0 Å². The molecule has 2 amide bonds. The van der Waals surface area contributed by atoms with Crippen LogP contribution < -0.4 is 11.1 Å². The Hall–Kier alpha value is -4.11. The summed E-state index contributed by atoms with van der Waals surface area (Å²) in [6.07, 6.45) is 5.55. The number of anilines is 1. The van der Waals surface area contributed by atoms with Crippen molar-refractivity contribution in [2.24, 2.45) is 5.73 Å². The van der Waals surface area contributed by atoms with Crippen molar-refractivity contribution in [3.63, 3.8) is 0 Å². The Bertz CT molecular complexity index is 1490. The summed E-state index contributed by atoms with van der Waals surface area (Å²) < 4.78 is 1.72. The molecule has 0 spiro atoms. The van der Waals surface area contributed by atoms with Crippen molar-refractivity contribution in [2.45, 2.75) is 51.1 Å². The number of fused-ring (bicyclic) bond motifs is 1. The maximum atomic E-state index is 13.8. The van der Waals surface area contributed by atoms with Crippen molar-refractivity contribution in [2.75, 3.05) is 11.9 Å². The van der Waals surface area contributed by atoms with Crippen LogP contribution in [0, 0.1) is 6.92 Å². The van der Waals surface area contributed by atoms with Crippen LogP contribution in [0.1, 0.15) is 58.9 Å². The van der Waals surface area contributed by atoms with Crippen molar-refractivity contribution < 1.29 is 9.59 Å². The molecule has 188 valence electrons. The lowest BCUT2D eigenvalue weighted by atomic mass is 10.1. The molecular weight excluding hydrogens is 466 g/mol. The molecule has 1 atom stereocenters. The first-order chi connectivity index (χ1) is 18.0. The summed E-state index contributed by atoms with van der Waals surface area (Å²) in [7, 11) is 0. The summed E-state index contributed by atoms with van der Waals surface area (Å²) in [5.74, 6) is 0.508. The van der Waals surface area contributed by atoms with Crippen molar-refractivity contribution in [3.8, 4) is 5.82 Å². The predicted molar refractivity (Wildman–Crippen MR) is 140 cm³/mol. The van der Waals surface area contributed by atoms with Crippen LogP contribution >= 0.6 is 0 Å². The second-order valence-electron chi connectivity index (χ2n) is 9.89. The Morgan fingerprint density at radius 1 is 1.11 bits per heavy atom. The zero-order chi connectivity index (χ0) is 25.5. The number of carbonyl (C=O) groups is 2. The number of nitrogens with one attached hydrogen (secondary N) is 1. The monoisotopic (exact) mass is 495 g/mol. The second kappa shape index (κ2) is 9.40. The second-order valence-corrected chi connectivity index (χ2v) is 9.89. The van der Waals surface area contributed by atoms with Crippen molar-refractivity contribution in [3.05, 3.63) is 77.2 Å². The van der Waals surface area contributed by atoms with Gasteiger partial charge >= 0.3 is 0 Å². The molecule has 1 aliphatic heterocycles. The summed E-state index contributed by atoms with van der Waals surface area (Å²) in [5, 5.41) is 8.56. The Balaban J connectivity index is 1.37. The number of benzene rings is 1. The molecule has 1 aliphatic carbocycles. The van der Waals surface area contributed by atoms with Gasteiger partial charge in [0.05, 0.1) is 22.7 Å². The van der Waals surface area contributed by atoms with E-state index in [0.29, 0.717) is 29.5 Å². The van der Waals surface area contributed by atoms with Crippen LogP contribution in [0.25, 0.3) is 16.9 Å². The minimum Gasteiger partial charge on any atom is -0.368 e. The molecule has 1 saturated heterocycles. The van der Waals surface area contributed by atoms with Gasteiger partial charge in [-0.05, 0) is 69.0 Å². The maximum Gasteiger partial charge on any atom is 0.256 e. The lowest BCUT2D eigenvalue weighted by Crippen LogP contribution is -2.39. The van der Waals surface area contributed by atoms with Gasteiger partial charge in [-0.1, -0.05) is 24.3 Å². The summed E-state index contributed by atoms with van der Waals surface area (Å²) in [6, 6.07) is 15.0. The third-order valence-corrected chi connectivity index (χ3v) is 7.27. The highest BCUT2D eigenvalue weighted by molar-refractivity contribution is 6.13. The zero-order valence-corrected chi connectivity index (χ0v) is 20.7. The molecule has 3 N–H and O–H groups in total. The van der Waals surface area contributed by atoms with E-state index in [1.54, 1.807) is 10.9 Å². The molecular formula is C28H29N7O2. The molecule has 37 heavy (non-hydrogen) atoms. The fourth-order valence-corrected chi connectivity index (χ4v) is 5.24. The van der Waals surface area contributed by atoms with Crippen LogP contribution in [0.15, 0.2) is 54.7 Å². The highest BCUT2D eigenvalue weighted by Gasteiger charge is 2.31. The van der Waals surface area contributed by atoms with Crippen LogP contribution in [-0.4, -0.2) is 49.0 Å². The fourth-order valence-electron chi connectivity index (χ4n) is 5.24. The SMILES string of the molecule is Cc1nn(-c2ccccn2)c2nc(C3CC3)cc(C(=O)Nc3ccccc3CN3CCCC3C(N)=O)c12. The van der Waals surface area contributed by atoms with Gasteiger partial charge in [0.15, 0.2) is 11.5 Å². The Morgan fingerprint density at radius 3 is 2.68 bits per heavy atom. The predicted octanol–water partition coefficient (Wildman–Crippen LogP) is 3.70. The van der Waals surface area contributed by atoms with Crippen LogP contribution in [-0.2, 0) is 11.3 Å². The molecule has 1 unspecified atom stereocenters. The summed E-state index contributed by atoms with van der Waals surface area (Å²) in [4.78, 5) is 37.2. The van der Waals surface area contributed by atoms with E-state index in [1.165, 1.54) is 0 Å². The molecule has 3 aromatic heterocycles. The van der Waals surface area contributed by atoms with E-state index in [4.69, 9.17) is 15.8 Å². The number of aryl methyl sites for hydroxylation is 1. The lowest BCUT2D eigenvalue weighted by molar-refractivity contribution is -0.122. The average molecular weight is 496 g/mol. The van der Waals surface area contributed by atoms with Crippen LogP contribution in [0.3, 0.4) is 0 Å². The quantitative estimate of drug-likeness (QED) is 0.404. The summed E-state index contributed by atoms with van der Waals surface area (Å²) >= 11 is 0. The van der Waals surface area contributed by atoms with Gasteiger partial charge in [-0.25, -0.2) is 9.97 Å². The molecule has 0 radical (unpaired) electrons. The number of carbonyl (C=O) groups excluding carboxylic acids is 2. The van der Waals surface area contributed by atoms with Gasteiger partial charge in [-0.2, -0.15) is 9.78 Å². The summed E-state index contributed by atoms with van der Waals surface area (Å²) in [5.41, 5.74) is 10.1. The number of hydrogen-bond acceptors (Lipinski definition) is 6. The van der Waals surface area contributed by atoms with Crippen LogP contribution in [0.5, 0.6) is 0 Å². The van der Waals surface area contributed by atoms with E-state index < -0.39 is 0 Å². The van der Waals surface area contributed by atoms with Gasteiger partial charge in [-0.15, -0.1) is 0 Å². The maximum absolute atomic E-state index is 13.8. The molecule has 4 heterocycles. The van der Waals surface area contributed by atoms with E-state index in [0.717, 1.165) is 60.3 Å². The Morgan fingerprint density at radius 2 is 1.92 bits per heavy atom. The third kappa shape index (κ3) is 4.46. The lowest BCUT2D eigenvalue weighted by Gasteiger charge is -2.23. The Labute approximate surface area is 214 Å².